The highest BCUT2D eigenvalue weighted by atomic mass is 32.2. The van der Waals surface area contributed by atoms with Gasteiger partial charge in [-0.25, -0.2) is 21.6 Å². The van der Waals surface area contributed by atoms with E-state index in [0.717, 1.165) is 12.5 Å². The maximum absolute atomic E-state index is 11.6. The minimum Gasteiger partial charge on any atom is -0.284 e. The van der Waals surface area contributed by atoms with Crippen molar-refractivity contribution < 1.29 is 16.8 Å². The van der Waals surface area contributed by atoms with Crippen LogP contribution in [-0.2, 0) is 19.9 Å². The van der Waals surface area contributed by atoms with Crippen LogP contribution in [0.1, 0.15) is 6.92 Å². The number of H-pyrrole nitrogens is 1. The van der Waals surface area contributed by atoms with Gasteiger partial charge in [0.05, 0.1) is 11.9 Å². The Hall–Kier alpha value is -0.930. The molecule has 7 nitrogen and oxygen atoms in total. The van der Waals surface area contributed by atoms with Crippen molar-refractivity contribution in [3.63, 3.8) is 0 Å². The predicted molar refractivity (Wildman–Crippen MR) is 58.1 cm³/mol. The van der Waals surface area contributed by atoms with E-state index < -0.39 is 25.9 Å². The van der Waals surface area contributed by atoms with E-state index in [-0.39, 0.29) is 10.6 Å². The Bertz CT molecular complexity index is 532. The zero-order chi connectivity index (χ0) is 12.4. The van der Waals surface area contributed by atoms with Gasteiger partial charge in [0, 0.05) is 18.5 Å². The fourth-order valence-electron chi connectivity index (χ4n) is 1.21. The summed E-state index contributed by atoms with van der Waals surface area (Å²) in [6.45, 7) is 1.48. The molecule has 0 aliphatic rings. The number of nitrogens with zero attached hydrogens (tertiary/aromatic N) is 1. The monoisotopic (exact) mass is 267 g/mol. The summed E-state index contributed by atoms with van der Waals surface area (Å²) in [6, 6.07) is -0.685. The lowest BCUT2D eigenvalue weighted by atomic mass is 10.4. The van der Waals surface area contributed by atoms with Crippen molar-refractivity contribution in [2.45, 2.75) is 17.9 Å². The van der Waals surface area contributed by atoms with Gasteiger partial charge >= 0.3 is 0 Å². The molecule has 9 heteroatoms. The highest BCUT2D eigenvalue weighted by Crippen LogP contribution is 2.05. The van der Waals surface area contributed by atoms with E-state index in [1.165, 1.54) is 13.1 Å². The average Bonchev–Trinajstić information content (AvgIpc) is 2.49. The number of hydrogen-bond donors (Lipinski definition) is 2. The summed E-state index contributed by atoms with van der Waals surface area (Å²) in [5, 5.41) is 5.88. The fourth-order valence-corrected chi connectivity index (χ4v) is 3.45. The molecule has 92 valence electrons. The van der Waals surface area contributed by atoms with Gasteiger partial charge in [0.2, 0.25) is 10.0 Å². The van der Waals surface area contributed by atoms with Crippen molar-refractivity contribution in [3.05, 3.63) is 12.4 Å². The first-order chi connectivity index (χ1) is 7.21. The van der Waals surface area contributed by atoms with Gasteiger partial charge in [-0.1, -0.05) is 0 Å². The number of nitrogens with one attached hydrogen (secondary N) is 2. The number of rotatable bonds is 5. The molecule has 1 atom stereocenters. The molecule has 0 amide bonds. The third-order valence-electron chi connectivity index (χ3n) is 1.69. The van der Waals surface area contributed by atoms with Crippen molar-refractivity contribution in [2.24, 2.45) is 0 Å². The van der Waals surface area contributed by atoms with E-state index in [1.54, 1.807) is 0 Å². The molecule has 0 radical (unpaired) electrons. The SMILES string of the molecule is CC(CS(C)(=O)=O)NS(=O)(=O)c1cn[nH]c1. The summed E-state index contributed by atoms with van der Waals surface area (Å²) in [6.07, 6.45) is 3.42. The van der Waals surface area contributed by atoms with Gasteiger partial charge in [-0.15, -0.1) is 0 Å². The van der Waals surface area contributed by atoms with Crippen molar-refractivity contribution in [1.82, 2.24) is 14.9 Å². The summed E-state index contributed by atoms with van der Waals surface area (Å²) in [4.78, 5) is -0.0205. The van der Waals surface area contributed by atoms with Gasteiger partial charge in [0.25, 0.3) is 0 Å². The van der Waals surface area contributed by atoms with Crippen molar-refractivity contribution in [1.29, 1.82) is 0 Å². The standard InChI is InChI=1S/C7H13N3O4S2/c1-6(5-15(2,11)12)10-16(13,14)7-3-8-9-4-7/h3-4,6,10H,5H2,1-2H3,(H,8,9). The first kappa shape index (κ1) is 13.1. The first-order valence-electron chi connectivity index (χ1n) is 4.39. The molecule has 2 N–H and O–H groups in total. The molecule has 1 heterocycles. The average molecular weight is 267 g/mol. The summed E-state index contributed by atoms with van der Waals surface area (Å²) < 4.78 is 47.4. The van der Waals surface area contributed by atoms with E-state index in [1.807, 2.05) is 0 Å². The molecule has 1 aromatic heterocycles. The molecule has 0 saturated carbocycles. The molecule has 1 unspecified atom stereocenters. The van der Waals surface area contributed by atoms with Gasteiger partial charge in [-0.3, -0.25) is 5.10 Å². The molecule has 0 spiro atoms. The van der Waals surface area contributed by atoms with Crippen LogP contribution in [-0.4, -0.2) is 45.1 Å². The van der Waals surface area contributed by atoms with E-state index >= 15 is 0 Å². The lowest BCUT2D eigenvalue weighted by Crippen LogP contribution is -2.37. The molecule has 16 heavy (non-hydrogen) atoms. The fraction of sp³-hybridized carbons (Fsp3) is 0.571. The third-order valence-corrected chi connectivity index (χ3v) is 4.35. The Morgan fingerprint density at radius 3 is 2.50 bits per heavy atom. The Kier molecular flexibility index (Phi) is 3.71. The van der Waals surface area contributed by atoms with Crippen LogP contribution in [0.2, 0.25) is 0 Å². The van der Waals surface area contributed by atoms with Crippen molar-refractivity contribution in [3.8, 4) is 0 Å². The number of hydrogen-bond acceptors (Lipinski definition) is 5. The lowest BCUT2D eigenvalue weighted by molar-refractivity contribution is 0.564. The number of aromatic nitrogens is 2. The van der Waals surface area contributed by atoms with Crippen LogP contribution in [0.3, 0.4) is 0 Å². The molecular weight excluding hydrogens is 254 g/mol. The molecule has 0 aliphatic carbocycles. The predicted octanol–water partition coefficient (Wildman–Crippen LogP) is -0.879. The largest absolute Gasteiger partial charge is 0.284 e. The van der Waals surface area contributed by atoms with Crippen molar-refractivity contribution in [2.75, 3.05) is 12.0 Å². The zero-order valence-corrected chi connectivity index (χ0v) is 10.5. The maximum Gasteiger partial charge on any atom is 0.243 e. The van der Waals surface area contributed by atoms with E-state index in [9.17, 15) is 16.8 Å². The highest BCUT2D eigenvalue weighted by Gasteiger charge is 2.20. The van der Waals surface area contributed by atoms with E-state index in [2.05, 4.69) is 14.9 Å². The lowest BCUT2D eigenvalue weighted by Gasteiger charge is -2.11. The molecule has 1 aromatic rings. The van der Waals surface area contributed by atoms with Crippen LogP contribution in [0, 0.1) is 0 Å². The normalized spacial score (nSPS) is 14.9. The first-order valence-corrected chi connectivity index (χ1v) is 7.94. The second-order valence-corrected chi connectivity index (χ2v) is 7.45. The van der Waals surface area contributed by atoms with E-state index in [4.69, 9.17) is 0 Å². The Morgan fingerprint density at radius 2 is 2.06 bits per heavy atom. The van der Waals surface area contributed by atoms with Crippen LogP contribution < -0.4 is 4.72 Å². The van der Waals surface area contributed by atoms with Gasteiger partial charge < -0.3 is 0 Å². The third kappa shape index (κ3) is 3.91. The van der Waals surface area contributed by atoms with Crippen LogP contribution in [0.4, 0.5) is 0 Å². The Labute approximate surface area is 94.2 Å². The highest BCUT2D eigenvalue weighted by molar-refractivity contribution is 7.91. The maximum atomic E-state index is 11.6. The molecule has 0 aromatic carbocycles. The number of aromatic amines is 1. The number of sulfone groups is 1. The smallest absolute Gasteiger partial charge is 0.243 e. The summed E-state index contributed by atoms with van der Waals surface area (Å²) >= 11 is 0. The molecule has 0 bridgehead atoms. The molecule has 0 fully saturated rings. The van der Waals surface area contributed by atoms with Crippen molar-refractivity contribution >= 4 is 19.9 Å². The minimum absolute atomic E-state index is 0.0205. The van der Waals surface area contributed by atoms with Crippen LogP contribution in [0.25, 0.3) is 0 Å². The minimum atomic E-state index is -3.70. The quantitative estimate of drug-likeness (QED) is 0.720. The van der Waals surface area contributed by atoms with Gasteiger partial charge in [-0.2, -0.15) is 5.10 Å². The van der Waals surface area contributed by atoms with Crippen LogP contribution in [0.5, 0.6) is 0 Å². The van der Waals surface area contributed by atoms with Crippen LogP contribution in [0.15, 0.2) is 17.3 Å². The molecule has 1 rings (SSSR count). The molecule has 0 saturated heterocycles. The van der Waals surface area contributed by atoms with Gasteiger partial charge in [0.1, 0.15) is 14.7 Å². The van der Waals surface area contributed by atoms with Gasteiger partial charge in [-0.05, 0) is 6.92 Å². The van der Waals surface area contributed by atoms with Crippen LogP contribution >= 0.6 is 0 Å². The summed E-state index contributed by atoms with van der Waals surface area (Å²) in [5.74, 6) is -0.246. The Morgan fingerprint density at radius 1 is 1.44 bits per heavy atom. The van der Waals surface area contributed by atoms with Gasteiger partial charge in [0.15, 0.2) is 0 Å². The number of sulfonamides is 1. The molecule has 0 aliphatic heterocycles. The second-order valence-electron chi connectivity index (χ2n) is 3.55. The summed E-state index contributed by atoms with van der Waals surface area (Å²) in [7, 11) is -6.91. The topological polar surface area (TPSA) is 109 Å². The second kappa shape index (κ2) is 4.52. The van der Waals surface area contributed by atoms with E-state index in [0.29, 0.717) is 0 Å². The molecular formula is C7H13N3O4S2. The summed E-state index contributed by atoms with van der Waals surface area (Å²) in [5.41, 5.74) is 0. The Balaban J connectivity index is 2.75. The zero-order valence-electron chi connectivity index (χ0n) is 8.84.